The van der Waals surface area contributed by atoms with Crippen LogP contribution in [0.4, 0.5) is 0 Å². The van der Waals surface area contributed by atoms with Crippen molar-refractivity contribution >= 4 is 5.97 Å². The third kappa shape index (κ3) is 4.05. The van der Waals surface area contributed by atoms with Crippen LogP contribution in [0.2, 0.25) is 0 Å². The smallest absolute Gasteiger partial charge is 0.306 e. The molecule has 0 saturated heterocycles. The zero-order valence-electron chi connectivity index (χ0n) is 8.28. The second-order valence-corrected chi connectivity index (χ2v) is 2.52. The van der Waals surface area contributed by atoms with E-state index >= 15 is 0 Å². The molecule has 0 heterocycles. The molecule has 1 atom stereocenters. The van der Waals surface area contributed by atoms with Gasteiger partial charge in [-0.3, -0.25) is 4.79 Å². The molecule has 0 N–H and O–H groups in total. The topological polar surface area (TPSA) is 44.8 Å². The highest BCUT2D eigenvalue weighted by Gasteiger charge is 2.21. The number of esters is 1. The molecule has 0 amide bonds. The van der Waals surface area contributed by atoms with Gasteiger partial charge in [0.25, 0.3) is 0 Å². The van der Waals surface area contributed by atoms with E-state index in [2.05, 4.69) is 11.3 Å². The summed E-state index contributed by atoms with van der Waals surface area (Å²) < 4.78 is 14.5. The number of hydrogen-bond acceptors (Lipinski definition) is 4. The van der Waals surface area contributed by atoms with Crippen LogP contribution in [0.3, 0.4) is 0 Å². The van der Waals surface area contributed by atoms with Gasteiger partial charge in [-0.05, 0) is 0 Å². The predicted molar refractivity (Wildman–Crippen MR) is 48.1 cm³/mol. The molecule has 76 valence electrons. The van der Waals surface area contributed by atoms with Gasteiger partial charge in [-0.25, -0.2) is 0 Å². The van der Waals surface area contributed by atoms with Gasteiger partial charge >= 0.3 is 5.97 Å². The van der Waals surface area contributed by atoms with Gasteiger partial charge in [-0.1, -0.05) is 6.08 Å². The fraction of sp³-hybridized carbons (Fsp3) is 0.667. The molecule has 0 aliphatic rings. The summed E-state index contributed by atoms with van der Waals surface area (Å²) in [6.45, 7) is 3.60. The highest BCUT2D eigenvalue weighted by molar-refractivity contribution is 5.69. The molecule has 0 rings (SSSR count). The van der Waals surface area contributed by atoms with E-state index in [-0.39, 0.29) is 18.3 Å². The first kappa shape index (κ1) is 12.1. The summed E-state index contributed by atoms with van der Waals surface area (Å²) in [5, 5.41) is 0. The SMILES string of the molecule is C=C[C@@H](CC(=O)OC)C(OC)OC. The molecule has 0 unspecified atom stereocenters. The minimum atomic E-state index is -0.448. The quantitative estimate of drug-likeness (QED) is 0.354. The average Bonchev–Trinajstić information content (AvgIpc) is 2.17. The number of carbonyl (C=O) groups excluding carboxylic acids is 1. The molecule has 13 heavy (non-hydrogen) atoms. The molecular formula is C9H16O4. The molecule has 0 aromatic rings. The first-order valence-corrected chi connectivity index (χ1v) is 3.94. The maximum absolute atomic E-state index is 10.9. The van der Waals surface area contributed by atoms with Gasteiger partial charge in [-0.15, -0.1) is 6.58 Å². The third-order valence-electron chi connectivity index (χ3n) is 1.75. The zero-order valence-corrected chi connectivity index (χ0v) is 8.28. The van der Waals surface area contributed by atoms with E-state index in [1.165, 1.54) is 21.3 Å². The van der Waals surface area contributed by atoms with Crippen molar-refractivity contribution in [3.63, 3.8) is 0 Å². The van der Waals surface area contributed by atoms with Crippen molar-refractivity contribution in [3.05, 3.63) is 12.7 Å². The molecule has 4 nitrogen and oxygen atoms in total. The summed E-state index contributed by atoms with van der Waals surface area (Å²) in [6.07, 6.45) is 1.39. The van der Waals surface area contributed by atoms with Crippen LogP contribution in [0.15, 0.2) is 12.7 Å². The number of rotatable bonds is 6. The lowest BCUT2D eigenvalue weighted by Gasteiger charge is -2.20. The maximum Gasteiger partial charge on any atom is 0.306 e. The average molecular weight is 188 g/mol. The van der Waals surface area contributed by atoms with E-state index in [4.69, 9.17) is 9.47 Å². The Bertz CT molecular complexity index is 163. The third-order valence-corrected chi connectivity index (χ3v) is 1.75. The van der Waals surface area contributed by atoms with Crippen LogP contribution in [0.1, 0.15) is 6.42 Å². The van der Waals surface area contributed by atoms with Crippen LogP contribution in [0.5, 0.6) is 0 Å². The summed E-state index contributed by atoms with van der Waals surface area (Å²) in [7, 11) is 4.38. The minimum absolute atomic E-state index is 0.178. The molecule has 0 aromatic heterocycles. The molecule has 0 aromatic carbocycles. The van der Waals surface area contributed by atoms with E-state index in [0.717, 1.165) is 0 Å². The van der Waals surface area contributed by atoms with Crippen molar-refractivity contribution in [2.45, 2.75) is 12.7 Å². The summed E-state index contributed by atoms with van der Waals surface area (Å²) in [5.41, 5.74) is 0. The Labute approximate surface area is 78.5 Å². The second kappa shape index (κ2) is 6.62. The van der Waals surface area contributed by atoms with Crippen LogP contribution < -0.4 is 0 Å². The predicted octanol–water partition coefficient (Wildman–Crippen LogP) is 0.971. The fourth-order valence-electron chi connectivity index (χ4n) is 1.01. The first-order valence-electron chi connectivity index (χ1n) is 3.94. The van der Waals surface area contributed by atoms with Crippen molar-refractivity contribution < 1.29 is 19.0 Å². The highest BCUT2D eigenvalue weighted by Crippen LogP contribution is 2.14. The highest BCUT2D eigenvalue weighted by atomic mass is 16.7. The Kier molecular flexibility index (Phi) is 6.18. The molecule has 0 fully saturated rings. The molecule has 0 aliphatic heterocycles. The van der Waals surface area contributed by atoms with E-state index in [9.17, 15) is 4.79 Å². The van der Waals surface area contributed by atoms with Crippen LogP contribution >= 0.6 is 0 Å². The van der Waals surface area contributed by atoms with Gasteiger partial charge < -0.3 is 14.2 Å². The number of methoxy groups -OCH3 is 3. The van der Waals surface area contributed by atoms with Gasteiger partial charge in [0.05, 0.1) is 13.5 Å². The van der Waals surface area contributed by atoms with Gasteiger partial charge in [-0.2, -0.15) is 0 Å². The molecule has 0 saturated carbocycles. The number of carbonyl (C=O) groups is 1. The van der Waals surface area contributed by atoms with Gasteiger partial charge in [0.2, 0.25) is 0 Å². The maximum atomic E-state index is 10.9. The van der Waals surface area contributed by atoms with Gasteiger partial charge in [0.15, 0.2) is 6.29 Å². The summed E-state index contributed by atoms with van der Waals surface area (Å²) >= 11 is 0. The van der Waals surface area contributed by atoms with Gasteiger partial charge in [0, 0.05) is 20.1 Å². The van der Waals surface area contributed by atoms with Crippen molar-refractivity contribution in [3.8, 4) is 0 Å². The van der Waals surface area contributed by atoms with Crippen LogP contribution in [-0.4, -0.2) is 33.6 Å². The van der Waals surface area contributed by atoms with E-state index in [1.54, 1.807) is 6.08 Å². The standard InChI is InChI=1S/C9H16O4/c1-5-7(6-8(10)11-2)9(12-3)13-4/h5,7,9H,1,6H2,2-4H3/t7-/m0/s1. The van der Waals surface area contributed by atoms with E-state index in [1.807, 2.05) is 0 Å². The minimum Gasteiger partial charge on any atom is -0.469 e. The summed E-state index contributed by atoms with van der Waals surface area (Å²) in [6, 6.07) is 0. The van der Waals surface area contributed by atoms with Crippen LogP contribution in [-0.2, 0) is 19.0 Å². The molecule has 4 heteroatoms. The lowest BCUT2D eigenvalue weighted by atomic mass is 10.1. The Morgan fingerprint density at radius 2 is 1.92 bits per heavy atom. The van der Waals surface area contributed by atoms with Crippen molar-refractivity contribution in [1.82, 2.24) is 0 Å². The molecule has 0 bridgehead atoms. The van der Waals surface area contributed by atoms with Crippen molar-refractivity contribution in [1.29, 1.82) is 0 Å². The molecular weight excluding hydrogens is 172 g/mol. The van der Waals surface area contributed by atoms with Gasteiger partial charge in [0.1, 0.15) is 0 Å². The van der Waals surface area contributed by atoms with E-state index < -0.39 is 6.29 Å². The molecule has 0 aliphatic carbocycles. The zero-order chi connectivity index (χ0) is 10.3. The molecule has 0 spiro atoms. The monoisotopic (exact) mass is 188 g/mol. The summed E-state index contributed by atoms with van der Waals surface area (Å²) in [5.74, 6) is -0.480. The Hall–Kier alpha value is -0.870. The second-order valence-electron chi connectivity index (χ2n) is 2.52. The Morgan fingerprint density at radius 3 is 2.23 bits per heavy atom. The van der Waals surface area contributed by atoms with Crippen molar-refractivity contribution in [2.75, 3.05) is 21.3 Å². The Balaban J connectivity index is 4.14. The normalized spacial score (nSPS) is 12.6. The summed E-state index contributed by atoms with van der Waals surface area (Å²) in [4.78, 5) is 10.9. The lowest BCUT2D eigenvalue weighted by molar-refractivity contribution is -0.152. The largest absolute Gasteiger partial charge is 0.469 e. The van der Waals surface area contributed by atoms with E-state index in [0.29, 0.717) is 0 Å². The molecule has 0 radical (unpaired) electrons. The fourth-order valence-corrected chi connectivity index (χ4v) is 1.01. The number of ether oxygens (including phenoxy) is 3. The number of hydrogen-bond donors (Lipinski definition) is 0. The lowest BCUT2D eigenvalue weighted by Crippen LogP contribution is -2.25. The van der Waals surface area contributed by atoms with Crippen LogP contribution in [0, 0.1) is 5.92 Å². The van der Waals surface area contributed by atoms with Crippen LogP contribution in [0.25, 0.3) is 0 Å². The first-order chi connectivity index (χ1) is 6.19. The Morgan fingerprint density at radius 1 is 1.38 bits per heavy atom. The van der Waals surface area contributed by atoms with Crippen molar-refractivity contribution in [2.24, 2.45) is 5.92 Å².